The molecule has 0 atom stereocenters. The highest BCUT2D eigenvalue weighted by Crippen LogP contribution is 2.05. The summed E-state index contributed by atoms with van der Waals surface area (Å²) in [6.07, 6.45) is 4.63. The lowest BCUT2D eigenvalue weighted by Gasteiger charge is -2.04. The van der Waals surface area contributed by atoms with Crippen LogP contribution < -0.4 is 11.1 Å². The summed E-state index contributed by atoms with van der Waals surface area (Å²) in [7, 11) is 0. The van der Waals surface area contributed by atoms with E-state index in [9.17, 15) is 4.79 Å². The predicted molar refractivity (Wildman–Crippen MR) is 59.9 cm³/mol. The molecule has 1 amide bonds. The summed E-state index contributed by atoms with van der Waals surface area (Å²) in [5.41, 5.74) is 5.83. The van der Waals surface area contributed by atoms with Crippen molar-refractivity contribution < 1.29 is 4.79 Å². The molecule has 0 aliphatic carbocycles. The summed E-state index contributed by atoms with van der Waals surface area (Å²) >= 11 is 0. The number of nitrogens with zero attached hydrogens (tertiary/aromatic N) is 3. The first-order valence-corrected chi connectivity index (χ1v) is 5.08. The second-order valence-corrected chi connectivity index (χ2v) is 3.44. The molecule has 0 aromatic carbocycles. The average Bonchev–Trinajstić information content (AvgIpc) is 2.71. The highest BCUT2D eigenvalue weighted by atomic mass is 16.1. The minimum atomic E-state index is -0.277. The van der Waals surface area contributed by atoms with Gasteiger partial charge in [-0.05, 0) is 12.5 Å². The Bertz CT molecular complexity index is 493. The molecule has 0 saturated heterocycles. The maximum absolute atomic E-state index is 10.5. The maximum atomic E-state index is 10.5. The number of amides is 1. The number of nitrogens with two attached hydrogens (primary N) is 1. The van der Waals surface area contributed by atoms with Gasteiger partial charge in [-0.3, -0.25) is 4.79 Å². The highest BCUT2D eigenvalue weighted by molar-refractivity contribution is 5.73. The molecule has 0 spiro atoms. The molecule has 0 radical (unpaired) electrons. The number of aromatic nitrogens is 3. The van der Waals surface area contributed by atoms with Gasteiger partial charge in [0.2, 0.25) is 5.91 Å². The molecule has 2 heterocycles. The van der Waals surface area contributed by atoms with Crippen LogP contribution >= 0.6 is 0 Å². The van der Waals surface area contributed by atoms with Crippen molar-refractivity contribution in [1.29, 1.82) is 0 Å². The van der Waals surface area contributed by atoms with Crippen LogP contribution in [0.3, 0.4) is 0 Å². The summed E-state index contributed by atoms with van der Waals surface area (Å²) in [4.78, 5) is 14.8. The van der Waals surface area contributed by atoms with Crippen LogP contribution in [0.15, 0.2) is 24.5 Å². The lowest BCUT2D eigenvalue weighted by molar-refractivity contribution is -0.118. The fourth-order valence-electron chi connectivity index (χ4n) is 1.39. The van der Waals surface area contributed by atoms with Crippen LogP contribution in [0.1, 0.15) is 12.8 Å². The summed E-state index contributed by atoms with van der Waals surface area (Å²) in [5, 5.41) is 7.17. The monoisotopic (exact) mass is 219 g/mol. The molecule has 0 bridgehead atoms. The number of anilines is 1. The van der Waals surface area contributed by atoms with Crippen molar-refractivity contribution in [2.45, 2.75) is 12.8 Å². The van der Waals surface area contributed by atoms with Gasteiger partial charge in [0.15, 0.2) is 5.65 Å². The molecule has 2 aromatic heterocycles. The fraction of sp³-hybridized carbons (Fsp3) is 0.300. The minimum Gasteiger partial charge on any atom is -0.370 e. The van der Waals surface area contributed by atoms with Crippen molar-refractivity contribution in [2.24, 2.45) is 5.73 Å². The van der Waals surface area contributed by atoms with E-state index in [-0.39, 0.29) is 5.91 Å². The molecule has 2 rings (SSSR count). The van der Waals surface area contributed by atoms with Crippen LogP contribution in [0.4, 0.5) is 5.82 Å². The molecule has 16 heavy (non-hydrogen) atoms. The number of carbonyl (C=O) groups excluding carboxylic acids is 1. The van der Waals surface area contributed by atoms with Gasteiger partial charge in [-0.2, -0.15) is 5.10 Å². The van der Waals surface area contributed by atoms with E-state index in [1.165, 1.54) is 0 Å². The van der Waals surface area contributed by atoms with Gasteiger partial charge in [0.05, 0.1) is 6.20 Å². The Balaban J connectivity index is 1.91. The smallest absolute Gasteiger partial charge is 0.217 e. The number of hydrogen-bond donors (Lipinski definition) is 2. The first kappa shape index (κ1) is 10.4. The lowest BCUT2D eigenvalue weighted by Crippen LogP contribution is -2.13. The van der Waals surface area contributed by atoms with Gasteiger partial charge in [-0.15, -0.1) is 0 Å². The molecule has 0 fully saturated rings. The van der Waals surface area contributed by atoms with E-state index in [2.05, 4.69) is 15.4 Å². The average molecular weight is 219 g/mol. The minimum absolute atomic E-state index is 0.277. The second kappa shape index (κ2) is 4.61. The van der Waals surface area contributed by atoms with Crippen LogP contribution in [0, 0.1) is 0 Å². The number of nitrogens with one attached hydrogen (secondary N) is 1. The van der Waals surface area contributed by atoms with Crippen LogP contribution in [0.2, 0.25) is 0 Å². The Kier molecular flexibility index (Phi) is 3.00. The predicted octanol–water partition coefficient (Wildman–Crippen LogP) is 0.407. The Morgan fingerprint density at radius 3 is 3.19 bits per heavy atom. The first-order chi connectivity index (χ1) is 7.75. The van der Waals surface area contributed by atoms with E-state index >= 15 is 0 Å². The second-order valence-electron chi connectivity index (χ2n) is 3.44. The summed E-state index contributed by atoms with van der Waals surface area (Å²) in [6, 6.07) is 3.67. The standard InChI is InChI=1S/C10H13N5O/c11-8(16)2-1-5-12-9-4-7-15-10(14-9)3-6-13-15/h3-4,6-7H,1-2,5H2,(H2,11,16)(H,12,14). The van der Waals surface area contributed by atoms with Crippen molar-refractivity contribution in [1.82, 2.24) is 14.6 Å². The van der Waals surface area contributed by atoms with Crippen molar-refractivity contribution in [3.8, 4) is 0 Å². The zero-order valence-electron chi connectivity index (χ0n) is 8.76. The van der Waals surface area contributed by atoms with E-state index < -0.39 is 0 Å². The number of primary amides is 1. The largest absolute Gasteiger partial charge is 0.370 e. The SMILES string of the molecule is NC(=O)CCCNc1ccn2nccc2n1. The van der Waals surface area contributed by atoms with E-state index in [4.69, 9.17) is 5.73 Å². The van der Waals surface area contributed by atoms with E-state index in [0.717, 1.165) is 11.5 Å². The number of rotatable bonds is 5. The van der Waals surface area contributed by atoms with E-state index in [0.29, 0.717) is 19.4 Å². The zero-order chi connectivity index (χ0) is 11.4. The number of hydrogen-bond acceptors (Lipinski definition) is 4. The third-order valence-corrected chi connectivity index (χ3v) is 2.16. The first-order valence-electron chi connectivity index (χ1n) is 5.08. The topological polar surface area (TPSA) is 85.3 Å². The van der Waals surface area contributed by atoms with Gasteiger partial charge in [0, 0.05) is 25.2 Å². The highest BCUT2D eigenvalue weighted by Gasteiger charge is 1.98. The molecular formula is C10H13N5O. The third kappa shape index (κ3) is 2.47. The lowest BCUT2D eigenvalue weighted by atomic mass is 10.3. The van der Waals surface area contributed by atoms with Gasteiger partial charge in [-0.1, -0.05) is 0 Å². The molecule has 3 N–H and O–H groups in total. The Morgan fingerprint density at radius 2 is 2.38 bits per heavy atom. The molecule has 0 saturated carbocycles. The Labute approximate surface area is 92.5 Å². The molecule has 6 heteroatoms. The molecule has 0 unspecified atom stereocenters. The number of carbonyl (C=O) groups is 1. The fourth-order valence-corrected chi connectivity index (χ4v) is 1.39. The Hall–Kier alpha value is -2.11. The van der Waals surface area contributed by atoms with Crippen molar-refractivity contribution in [3.63, 3.8) is 0 Å². The van der Waals surface area contributed by atoms with E-state index in [1.54, 1.807) is 10.7 Å². The van der Waals surface area contributed by atoms with Gasteiger partial charge in [-0.25, -0.2) is 9.50 Å². The van der Waals surface area contributed by atoms with Crippen molar-refractivity contribution >= 4 is 17.4 Å². The normalized spacial score (nSPS) is 10.5. The maximum Gasteiger partial charge on any atom is 0.217 e. The summed E-state index contributed by atoms with van der Waals surface area (Å²) in [6.45, 7) is 0.681. The van der Waals surface area contributed by atoms with Gasteiger partial charge in [0.25, 0.3) is 0 Å². The summed E-state index contributed by atoms with van der Waals surface area (Å²) in [5.74, 6) is 0.499. The summed E-state index contributed by atoms with van der Waals surface area (Å²) < 4.78 is 1.69. The van der Waals surface area contributed by atoms with Crippen molar-refractivity contribution in [3.05, 3.63) is 24.5 Å². The zero-order valence-corrected chi connectivity index (χ0v) is 8.76. The molecule has 0 aliphatic rings. The van der Waals surface area contributed by atoms with Gasteiger partial charge >= 0.3 is 0 Å². The molecule has 6 nitrogen and oxygen atoms in total. The van der Waals surface area contributed by atoms with Crippen LogP contribution in [-0.4, -0.2) is 27.0 Å². The van der Waals surface area contributed by atoms with Crippen LogP contribution in [0.5, 0.6) is 0 Å². The van der Waals surface area contributed by atoms with Gasteiger partial charge < -0.3 is 11.1 Å². The van der Waals surface area contributed by atoms with Crippen LogP contribution in [-0.2, 0) is 4.79 Å². The van der Waals surface area contributed by atoms with E-state index in [1.807, 2.05) is 18.3 Å². The van der Waals surface area contributed by atoms with Crippen molar-refractivity contribution in [2.75, 3.05) is 11.9 Å². The van der Waals surface area contributed by atoms with Crippen LogP contribution in [0.25, 0.3) is 5.65 Å². The third-order valence-electron chi connectivity index (χ3n) is 2.16. The quantitative estimate of drug-likeness (QED) is 0.713. The molecule has 0 aliphatic heterocycles. The Morgan fingerprint density at radius 1 is 1.50 bits per heavy atom. The van der Waals surface area contributed by atoms with Gasteiger partial charge in [0.1, 0.15) is 5.82 Å². The molecule has 84 valence electrons. The number of fused-ring (bicyclic) bond motifs is 1. The molecule has 2 aromatic rings. The molecular weight excluding hydrogens is 206 g/mol.